The van der Waals surface area contributed by atoms with Crippen LogP contribution in [0.3, 0.4) is 0 Å². The third-order valence-electron chi connectivity index (χ3n) is 4.67. The molecule has 0 aliphatic carbocycles. The topological polar surface area (TPSA) is 120 Å². The van der Waals surface area contributed by atoms with E-state index in [9.17, 15) is 18.0 Å². The van der Waals surface area contributed by atoms with E-state index in [-0.39, 0.29) is 4.90 Å². The summed E-state index contributed by atoms with van der Waals surface area (Å²) in [6, 6.07) is 13.6. The van der Waals surface area contributed by atoms with E-state index in [1.165, 1.54) is 31.2 Å². The molecule has 2 unspecified atom stereocenters. The zero-order valence-corrected chi connectivity index (χ0v) is 18.5. The summed E-state index contributed by atoms with van der Waals surface area (Å²) in [5, 5.41) is 2.36. The van der Waals surface area contributed by atoms with E-state index in [4.69, 9.17) is 14.3 Å². The van der Waals surface area contributed by atoms with Crippen molar-refractivity contribution in [3.63, 3.8) is 0 Å². The van der Waals surface area contributed by atoms with Gasteiger partial charge in [0.15, 0.2) is 16.1 Å². The standard InChI is InChI=1S/C22H26N2O7S/c1-16(25)23-20(22(26)24-31-21-9-5-6-14-29-21)15-32(27,28)19-12-10-18(11-13-19)30-17-7-3-2-4-8-17/h2-4,7-8,10-13,20-21H,5-6,9,14-15H2,1H3,(H,23,25)(H,24,26). The third-order valence-corrected chi connectivity index (χ3v) is 6.43. The van der Waals surface area contributed by atoms with E-state index in [1.54, 1.807) is 12.1 Å². The van der Waals surface area contributed by atoms with Gasteiger partial charge in [-0.05, 0) is 49.2 Å². The van der Waals surface area contributed by atoms with Crippen LogP contribution in [0.4, 0.5) is 0 Å². The summed E-state index contributed by atoms with van der Waals surface area (Å²) in [6.07, 6.45) is 1.82. The molecular formula is C22H26N2O7S. The first-order chi connectivity index (χ1) is 15.3. The smallest absolute Gasteiger partial charge is 0.267 e. The lowest BCUT2D eigenvalue weighted by molar-refractivity contribution is -0.201. The predicted octanol–water partition coefficient (Wildman–Crippen LogP) is 2.33. The van der Waals surface area contributed by atoms with Crippen LogP contribution in [-0.2, 0) is 29.0 Å². The van der Waals surface area contributed by atoms with Crippen molar-refractivity contribution in [2.75, 3.05) is 12.4 Å². The first-order valence-electron chi connectivity index (χ1n) is 10.2. The summed E-state index contributed by atoms with van der Waals surface area (Å²) in [4.78, 5) is 29.2. The van der Waals surface area contributed by atoms with Gasteiger partial charge in [0.05, 0.1) is 10.6 Å². The molecule has 0 spiro atoms. The number of sulfone groups is 1. The molecule has 2 atom stereocenters. The summed E-state index contributed by atoms with van der Waals surface area (Å²) < 4.78 is 36.8. The normalized spacial score (nSPS) is 17.2. The monoisotopic (exact) mass is 462 g/mol. The van der Waals surface area contributed by atoms with Crippen molar-refractivity contribution in [1.29, 1.82) is 0 Å². The van der Waals surface area contributed by atoms with Crippen molar-refractivity contribution in [2.24, 2.45) is 0 Å². The number of rotatable bonds is 9. The molecule has 2 aromatic rings. The molecule has 1 heterocycles. The number of hydrogen-bond acceptors (Lipinski definition) is 7. The zero-order chi connectivity index (χ0) is 23.0. The number of carbonyl (C=O) groups is 2. The van der Waals surface area contributed by atoms with Crippen molar-refractivity contribution in [1.82, 2.24) is 10.8 Å². The Bertz CT molecular complexity index is 1000. The predicted molar refractivity (Wildman–Crippen MR) is 115 cm³/mol. The zero-order valence-electron chi connectivity index (χ0n) is 17.7. The maximum absolute atomic E-state index is 12.9. The number of ether oxygens (including phenoxy) is 2. The quantitative estimate of drug-likeness (QED) is 0.549. The Hall–Kier alpha value is -2.95. The molecule has 0 bridgehead atoms. The van der Waals surface area contributed by atoms with Gasteiger partial charge in [-0.1, -0.05) is 18.2 Å². The lowest BCUT2D eigenvalue weighted by atomic mass is 10.2. The number of para-hydroxylation sites is 1. The molecule has 9 nitrogen and oxygen atoms in total. The summed E-state index contributed by atoms with van der Waals surface area (Å²) in [5.74, 6) is -0.867. The minimum Gasteiger partial charge on any atom is -0.457 e. The molecule has 2 aromatic carbocycles. The molecule has 0 saturated carbocycles. The molecule has 1 saturated heterocycles. The molecular weight excluding hydrogens is 436 g/mol. The number of amides is 2. The number of carbonyl (C=O) groups excluding carboxylic acids is 2. The second kappa shape index (κ2) is 11.1. The Morgan fingerprint density at radius 1 is 1.06 bits per heavy atom. The van der Waals surface area contributed by atoms with E-state index in [0.717, 1.165) is 12.8 Å². The van der Waals surface area contributed by atoms with Crippen LogP contribution in [0.1, 0.15) is 26.2 Å². The molecule has 1 aliphatic rings. The average Bonchev–Trinajstić information content (AvgIpc) is 2.78. The van der Waals surface area contributed by atoms with E-state index in [2.05, 4.69) is 10.8 Å². The maximum Gasteiger partial charge on any atom is 0.267 e. The van der Waals surface area contributed by atoms with Gasteiger partial charge in [0.1, 0.15) is 17.5 Å². The van der Waals surface area contributed by atoms with Crippen LogP contribution < -0.4 is 15.5 Å². The molecule has 10 heteroatoms. The van der Waals surface area contributed by atoms with Crippen molar-refractivity contribution >= 4 is 21.7 Å². The fourth-order valence-electron chi connectivity index (χ4n) is 3.08. The van der Waals surface area contributed by atoms with Gasteiger partial charge in [0.2, 0.25) is 5.91 Å². The molecule has 0 radical (unpaired) electrons. The van der Waals surface area contributed by atoms with Crippen LogP contribution in [0.15, 0.2) is 59.5 Å². The summed E-state index contributed by atoms with van der Waals surface area (Å²) in [7, 11) is -3.90. The number of hydrogen-bond donors (Lipinski definition) is 2. The SMILES string of the molecule is CC(=O)NC(CS(=O)(=O)c1ccc(Oc2ccccc2)cc1)C(=O)NOC1CCCCO1. The maximum atomic E-state index is 12.9. The summed E-state index contributed by atoms with van der Waals surface area (Å²) in [5.41, 5.74) is 2.21. The van der Waals surface area contributed by atoms with Crippen molar-refractivity contribution in [3.05, 3.63) is 54.6 Å². The Labute approximate surface area is 186 Å². The molecule has 2 N–H and O–H groups in total. The van der Waals surface area contributed by atoms with Gasteiger partial charge in [-0.3, -0.25) is 9.59 Å². The van der Waals surface area contributed by atoms with E-state index in [0.29, 0.717) is 24.5 Å². The molecule has 0 aromatic heterocycles. The molecule has 32 heavy (non-hydrogen) atoms. The first-order valence-corrected chi connectivity index (χ1v) is 11.9. The minimum absolute atomic E-state index is 0.00223. The number of hydroxylamine groups is 1. The Balaban J connectivity index is 1.64. The van der Waals surface area contributed by atoms with Crippen molar-refractivity contribution < 1.29 is 32.3 Å². The Morgan fingerprint density at radius 2 is 1.75 bits per heavy atom. The molecule has 172 valence electrons. The number of benzene rings is 2. The second-order valence-corrected chi connectivity index (χ2v) is 9.34. The molecule has 3 rings (SSSR count). The third kappa shape index (κ3) is 7.04. The van der Waals surface area contributed by atoms with Gasteiger partial charge < -0.3 is 14.8 Å². The van der Waals surface area contributed by atoms with Crippen LogP contribution in [0, 0.1) is 0 Å². The highest BCUT2D eigenvalue weighted by atomic mass is 32.2. The van der Waals surface area contributed by atoms with Crippen molar-refractivity contribution in [2.45, 2.75) is 43.4 Å². The van der Waals surface area contributed by atoms with Gasteiger partial charge in [-0.25, -0.2) is 18.7 Å². The van der Waals surface area contributed by atoms with Crippen LogP contribution in [0.25, 0.3) is 0 Å². The lowest BCUT2D eigenvalue weighted by Crippen LogP contribution is -2.50. The van der Waals surface area contributed by atoms with Crippen LogP contribution in [0.5, 0.6) is 11.5 Å². The summed E-state index contributed by atoms with van der Waals surface area (Å²) in [6.45, 7) is 1.72. The highest BCUT2D eigenvalue weighted by Crippen LogP contribution is 2.23. The Morgan fingerprint density at radius 3 is 2.38 bits per heavy atom. The first kappa shape index (κ1) is 23.7. The molecule has 1 aliphatic heterocycles. The van der Waals surface area contributed by atoms with E-state index < -0.39 is 39.7 Å². The van der Waals surface area contributed by atoms with Crippen LogP contribution in [0.2, 0.25) is 0 Å². The second-order valence-electron chi connectivity index (χ2n) is 7.30. The highest BCUT2D eigenvalue weighted by Gasteiger charge is 2.29. The summed E-state index contributed by atoms with van der Waals surface area (Å²) >= 11 is 0. The van der Waals surface area contributed by atoms with Gasteiger partial charge in [0.25, 0.3) is 5.91 Å². The fourth-order valence-corrected chi connectivity index (χ4v) is 4.50. The molecule has 1 fully saturated rings. The van der Waals surface area contributed by atoms with E-state index in [1.807, 2.05) is 18.2 Å². The van der Waals surface area contributed by atoms with Gasteiger partial charge in [0, 0.05) is 20.0 Å². The van der Waals surface area contributed by atoms with E-state index >= 15 is 0 Å². The van der Waals surface area contributed by atoms with Crippen molar-refractivity contribution in [3.8, 4) is 11.5 Å². The number of nitrogens with one attached hydrogen (secondary N) is 2. The Kier molecular flexibility index (Phi) is 8.20. The van der Waals surface area contributed by atoms with Gasteiger partial charge in [-0.2, -0.15) is 0 Å². The molecule has 2 amide bonds. The lowest BCUT2D eigenvalue weighted by Gasteiger charge is -2.24. The van der Waals surface area contributed by atoms with Crippen LogP contribution in [-0.4, -0.2) is 44.9 Å². The van der Waals surface area contributed by atoms with Gasteiger partial charge >= 0.3 is 0 Å². The van der Waals surface area contributed by atoms with Gasteiger partial charge in [-0.15, -0.1) is 0 Å². The average molecular weight is 463 g/mol. The largest absolute Gasteiger partial charge is 0.457 e. The van der Waals surface area contributed by atoms with Crippen LogP contribution >= 0.6 is 0 Å². The minimum atomic E-state index is -3.90. The highest BCUT2D eigenvalue weighted by molar-refractivity contribution is 7.91. The fraction of sp³-hybridized carbons (Fsp3) is 0.364.